The molecular formula is C13H24N4O. The molecule has 0 aromatic carbocycles. The van der Waals surface area contributed by atoms with Crippen LogP contribution in [0.15, 0.2) is 6.33 Å². The topological polar surface area (TPSA) is 52.0 Å². The van der Waals surface area contributed by atoms with E-state index in [0.717, 1.165) is 38.4 Å². The van der Waals surface area contributed by atoms with Gasteiger partial charge in [-0.05, 0) is 31.7 Å². The maximum absolute atomic E-state index is 5.46. The molecule has 2 unspecified atom stereocenters. The first kappa shape index (κ1) is 13.5. The molecular weight excluding hydrogens is 228 g/mol. The van der Waals surface area contributed by atoms with E-state index in [9.17, 15) is 0 Å². The average Bonchev–Trinajstić information content (AvgIpc) is 2.99. The monoisotopic (exact) mass is 252 g/mol. The van der Waals surface area contributed by atoms with Crippen molar-refractivity contribution in [3.63, 3.8) is 0 Å². The number of hydrogen-bond donors (Lipinski definition) is 1. The molecule has 1 aromatic rings. The lowest BCUT2D eigenvalue weighted by Crippen LogP contribution is -2.34. The van der Waals surface area contributed by atoms with E-state index < -0.39 is 0 Å². The van der Waals surface area contributed by atoms with Gasteiger partial charge in [0, 0.05) is 32.7 Å². The van der Waals surface area contributed by atoms with Crippen molar-refractivity contribution < 1.29 is 4.74 Å². The molecule has 102 valence electrons. The highest BCUT2D eigenvalue weighted by molar-refractivity contribution is 4.90. The van der Waals surface area contributed by atoms with Gasteiger partial charge in [0.15, 0.2) is 0 Å². The Morgan fingerprint density at radius 3 is 3.11 bits per heavy atom. The number of rotatable bonds is 7. The molecule has 0 radical (unpaired) electrons. The van der Waals surface area contributed by atoms with Crippen molar-refractivity contribution in [3.05, 3.63) is 12.2 Å². The fourth-order valence-electron chi connectivity index (χ4n) is 2.48. The highest BCUT2D eigenvalue weighted by Crippen LogP contribution is 2.19. The van der Waals surface area contributed by atoms with E-state index in [-0.39, 0.29) is 0 Å². The summed E-state index contributed by atoms with van der Waals surface area (Å²) in [6.45, 7) is 5.11. The minimum Gasteiger partial charge on any atom is -0.381 e. The van der Waals surface area contributed by atoms with Gasteiger partial charge in [0.25, 0.3) is 0 Å². The Morgan fingerprint density at radius 2 is 2.50 bits per heavy atom. The van der Waals surface area contributed by atoms with Crippen molar-refractivity contribution in [1.82, 2.24) is 20.1 Å². The predicted octanol–water partition coefficient (Wildman–Crippen LogP) is 1.15. The summed E-state index contributed by atoms with van der Waals surface area (Å²) in [6.07, 6.45) is 6.12. The van der Waals surface area contributed by atoms with E-state index in [0.29, 0.717) is 12.0 Å². The van der Waals surface area contributed by atoms with E-state index >= 15 is 0 Å². The molecule has 0 spiro atoms. The van der Waals surface area contributed by atoms with Crippen LogP contribution in [0.25, 0.3) is 0 Å². The Bertz CT molecular complexity index is 347. The second kappa shape index (κ2) is 6.85. The summed E-state index contributed by atoms with van der Waals surface area (Å²) >= 11 is 0. The minimum atomic E-state index is 0.486. The fraction of sp³-hybridized carbons (Fsp3) is 0.846. The zero-order chi connectivity index (χ0) is 12.8. The van der Waals surface area contributed by atoms with Gasteiger partial charge >= 0.3 is 0 Å². The van der Waals surface area contributed by atoms with Crippen molar-refractivity contribution in [2.45, 2.75) is 38.6 Å². The summed E-state index contributed by atoms with van der Waals surface area (Å²) in [5.74, 6) is 1.76. The van der Waals surface area contributed by atoms with Gasteiger partial charge in [0.1, 0.15) is 12.2 Å². The summed E-state index contributed by atoms with van der Waals surface area (Å²) in [5, 5.41) is 7.76. The van der Waals surface area contributed by atoms with Gasteiger partial charge in [-0.25, -0.2) is 4.98 Å². The van der Waals surface area contributed by atoms with Crippen LogP contribution in [0.4, 0.5) is 0 Å². The minimum absolute atomic E-state index is 0.486. The Labute approximate surface area is 109 Å². The zero-order valence-electron chi connectivity index (χ0n) is 11.4. The molecule has 5 heteroatoms. The molecule has 5 nitrogen and oxygen atoms in total. The number of hydrogen-bond acceptors (Lipinski definition) is 4. The van der Waals surface area contributed by atoms with Crippen molar-refractivity contribution >= 4 is 0 Å². The van der Waals surface area contributed by atoms with Gasteiger partial charge in [0.2, 0.25) is 0 Å². The predicted molar refractivity (Wildman–Crippen MR) is 70.3 cm³/mol. The summed E-state index contributed by atoms with van der Waals surface area (Å²) < 4.78 is 7.33. The van der Waals surface area contributed by atoms with E-state index in [1.165, 1.54) is 12.8 Å². The van der Waals surface area contributed by atoms with Gasteiger partial charge in [0.05, 0.1) is 0 Å². The Kier molecular flexibility index (Phi) is 5.13. The third kappa shape index (κ3) is 3.78. The number of aryl methyl sites for hydroxylation is 1. The molecule has 1 aliphatic heterocycles. The van der Waals surface area contributed by atoms with Crippen LogP contribution in [0, 0.1) is 5.92 Å². The Morgan fingerprint density at radius 1 is 1.61 bits per heavy atom. The molecule has 0 bridgehead atoms. The standard InChI is InChI=1S/C13H24N4O/c1-3-5-14-12(7-11-4-6-18-9-11)8-13-15-10-16-17(13)2/h10-12,14H,3-9H2,1-2H3. The second-order valence-corrected chi connectivity index (χ2v) is 5.12. The van der Waals surface area contributed by atoms with Gasteiger partial charge < -0.3 is 10.1 Å². The number of ether oxygens (including phenoxy) is 1. The highest BCUT2D eigenvalue weighted by atomic mass is 16.5. The molecule has 2 atom stereocenters. The summed E-state index contributed by atoms with van der Waals surface area (Å²) in [6, 6.07) is 0.486. The maximum Gasteiger partial charge on any atom is 0.138 e. The van der Waals surface area contributed by atoms with Crippen LogP contribution in [0.2, 0.25) is 0 Å². The fourth-order valence-corrected chi connectivity index (χ4v) is 2.48. The molecule has 2 heterocycles. The third-order valence-corrected chi connectivity index (χ3v) is 3.56. The van der Waals surface area contributed by atoms with Crippen molar-refractivity contribution in [2.24, 2.45) is 13.0 Å². The molecule has 18 heavy (non-hydrogen) atoms. The average molecular weight is 252 g/mol. The normalized spacial score (nSPS) is 21.3. The van der Waals surface area contributed by atoms with E-state index in [2.05, 4.69) is 22.3 Å². The summed E-state index contributed by atoms with van der Waals surface area (Å²) in [7, 11) is 1.96. The lowest BCUT2D eigenvalue weighted by molar-refractivity contribution is 0.181. The first-order valence-electron chi connectivity index (χ1n) is 6.93. The SMILES string of the molecule is CCCNC(Cc1ncnn1C)CC1CCOC1. The van der Waals surface area contributed by atoms with Crippen LogP contribution < -0.4 is 5.32 Å². The first-order chi connectivity index (χ1) is 8.79. The van der Waals surface area contributed by atoms with Crippen LogP contribution >= 0.6 is 0 Å². The van der Waals surface area contributed by atoms with Crippen molar-refractivity contribution in [1.29, 1.82) is 0 Å². The van der Waals surface area contributed by atoms with Crippen molar-refractivity contribution in [3.8, 4) is 0 Å². The molecule has 0 amide bonds. The Hall–Kier alpha value is -0.940. The van der Waals surface area contributed by atoms with Gasteiger partial charge in [-0.1, -0.05) is 6.92 Å². The summed E-state index contributed by atoms with van der Waals surface area (Å²) in [5.41, 5.74) is 0. The molecule has 0 aliphatic carbocycles. The first-order valence-corrected chi connectivity index (χ1v) is 6.93. The quantitative estimate of drug-likeness (QED) is 0.791. The lowest BCUT2D eigenvalue weighted by atomic mass is 9.97. The second-order valence-electron chi connectivity index (χ2n) is 5.12. The van der Waals surface area contributed by atoms with E-state index in [4.69, 9.17) is 4.74 Å². The zero-order valence-corrected chi connectivity index (χ0v) is 11.4. The highest BCUT2D eigenvalue weighted by Gasteiger charge is 2.21. The molecule has 1 aromatic heterocycles. The van der Waals surface area contributed by atoms with Crippen LogP contribution in [-0.4, -0.2) is 40.6 Å². The Balaban J connectivity index is 1.89. The third-order valence-electron chi connectivity index (χ3n) is 3.56. The number of nitrogens with one attached hydrogen (secondary N) is 1. The van der Waals surface area contributed by atoms with Crippen LogP contribution in [-0.2, 0) is 18.2 Å². The molecule has 2 rings (SSSR count). The van der Waals surface area contributed by atoms with E-state index in [1.54, 1.807) is 6.33 Å². The maximum atomic E-state index is 5.46. The molecule has 1 N–H and O–H groups in total. The number of nitrogens with zero attached hydrogens (tertiary/aromatic N) is 3. The van der Waals surface area contributed by atoms with Gasteiger partial charge in [-0.2, -0.15) is 5.10 Å². The van der Waals surface area contributed by atoms with Crippen LogP contribution in [0.5, 0.6) is 0 Å². The molecule has 1 aliphatic rings. The summed E-state index contributed by atoms with van der Waals surface area (Å²) in [4.78, 5) is 4.32. The molecule has 1 saturated heterocycles. The van der Waals surface area contributed by atoms with E-state index in [1.807, 2.05) is 11.7 Å². The van der Waals surface area contributed by atoms with Gasteiger partial charge in [-0.3, -0.25) is 4.68 Å². The largest absolute Gasteiger partial charge is 0.381 e. The molecule has 0 saturated carbocycles. The lowest BCUT2D eigenvalue weighted by Gasteiger charge is -2.20. The van der Waals surface area contributed by atoms with Crippen LogP contribution in [0.1, 0.15) is 32.0 Å². The van der Waals surface area contributed by atoms with Crippen LogP contribution in [0.3, 0.4) is 0 Å². The number of aromatic nitrogens is 3. The smallest absolute Gasteiger partial charge is 0.138 e. The van der Waals surface area contributed by atoms with Gasteiger partial charge in [-0.15, -0.1) is 0 Å². The molecule has 1 fully saturated rings. The van der Waals surface area contributed by atoms with Crippen molar-refractivity contribution in [2.75, 3.05) is 19.8 Å².